The third-order valence-electron chi connectivity index (χ3n) is 2.75. The van der Waals surface area contributed by atoms with Crippen molar-refractivity contribution in [2.75, 3.05) is 7.11 Å². The number of rotatable bonds is 4. The lowest BCUT2D eigenvalue weighted by atomic mass is 10.2. The molecule has 0 aromatic heterocycles. The van der Waals surface area contributed by atoms with Crippen molar-refractivity contribution in [1.29, 1.82) is 0 Å². The van der Waals surface area contributed by atoms with Gasteiger partial charge >= 0.3 is 0 Å². The second kappa shape index (κ2) is 7.29. The highest BCUT2D eigenvalue weighted by Gasteiger charge is 2.09. The standard InChI is InChI=1S/C15H12BrClN2O3/c1-22-13-7-11(16)5-10(14(13)20)8-18-19-15(21)9-3-2-4-12(17)6-9/h2-8,20H,1H3,(H,19,21). The Morgan fingerprint density at radius 1 is 1.41 bits per heavy atom. The number of phenolic OH excluding ortho intramolecular Hbond substituents is 1. The van der Waals surface area contributed by atoms with Crippen molar-refractivity contribution in [1.82, 2.24) is 5.43 Å². The Kier molecular flexibility index (Phi) is 5.41. The molecule has 0 spiro atoms. The number of nitrogens with zero attached hydrogens (tertiary/aromatic N) is 1. The Labute approximate surface area is 140 Å². The number of aromatic hydroxyl groups is 1. The van der Waals surface area contributed by atoms with E-state index < -0.39 is 5.91 Å². The topological polar surface area (TPSA) is 70.9 Å². The van der Waals surface area contributed by atoms with E-state index in [2.05, 4.69) is 26.5 Å². The first-order valence-corrected chi connectivity index (χ1v) is 7.34. The lowest BCUT2D eigenvalue weighted by molar-refractivity contribution is 0.0955. The maximum Gasteiger partial charge on any atom is 0.271 e. The van der Waals surface area contributed by atoms with Crippen molar-refractivity contribution >= 4 is 39.7 Å². The number of hydrazone groups is 1. The molecule has 0 unspecified atom stereocenters. The zero-order valence-corrected chi connectivity index (χ0v) is 13.9. The average Bonchev–Trinajstić information content (AvgIpc) is 2.50. The maximum atomic E-state index is 11.9. The molecule has 0 radical (unpaired) electrons. The lowest BCUT2D eigenvalue weighted by Crippen LogP contribution is -2.17. The van der Waals surface area contributed by atoms with Gasteiger partial charge in [-0.15, -0.1) is 0 Å². The van der Waals surface area contributed by atoms with E-state index in [4.69, 9.17) is 16.3 Å². The number of amides is 1. The fourth-order valence-corrected chi connectivity index (χ4v) is 2.35. The summed E-state index contributed by atoms with van der Waals surface area (Å²) in [7, 11) is 1.45. The monoisotopic (exact) mass is 382 g/mol. The molecule has 0 bridgehead atoms. The van der Waals surface area contributed by atoms with Crippen molar-refractivity contribution in [3.8, 4) is 11.5 Å². The Hall–Kier alpha value is -2.05. The number of carbonyl (C=O) groups excluding carboxylic acids is 1. The molecule has 0 aliphatic carbocycles. The number of halogens is 2. The van der Waals surface area contributed by atoms with Crippen molar-refractivity contribution in [2.45, 2.75) is 0 Å². The average molecular weight is 384 g/mol. The summed E-state index contributed by atoms with van der Waals surface area (Å²) in [5.41, 5.74) is 3.15. The van der Waals surface area contributed by atoms with Gasteiger partial charge in [0.05, 0.1) is 13.3 Å². The summed E-state index contributed by atoms with van der Waals surface area (Å²) in [6, 6.07) is 9.77. The smallest absolute Gasteiger partial charge is 0.271 e. The Bertz CT molecular complexity index is 735. The van der Waals surface area contributed by atoms with Crippen LogP contribution in [0.1, 0.15) is 15.9 Å². The van der Waals surface area contributed by atoms with Crippen LogP contribution in [0, 0.1) is 0 Å². The number of phenols is 1. The summed E-state index contributed by atoms with van der Waals surface area (Å²) in [4.78, 5) is 11.9. The first-order valence-electron chi connectivity index (χ1n) is 6.16. The maximum absolute atomic E-state index is 11.9. The molecular formula is C15H12BrClN2O3. The quantitative estimate of drug-likeness (QED) is 0.626. The summed E-state index contributed by atoms with van der Waals surface area (Å²) in [5, 5.41) is 14.2. The first-order chi connectivity index (χ1) is 10.5. The first kappa shape index (κ1) is 16.3. The fraction of sp³-hybridized carbons (Fsp3) is 0.0667. The van der Waals surface area contributed by atoms with E-state index in [0.29, 0.717) is 26.4 Å². The highest BCUT2D eigenvalue weighted by atomic mass is 79.9. The molecule has 2 aromatic rings. The molecular weight excluding hydrogens is 372 g/mol. The zero-order chi connectivity index (χ0) is 16.1. The summed E-state index contributed by atoms with van der Waals surface area (Å²) in [5.74, 6) is -0.163. The minimum atomic E-state index is -0.403. The van der Waals surface area contributed by atoms with Crippen molar-refractivity contribution in [3.63, 3.8) is 0 Å². The van der Waals surface area contributed by atoms with Crippen LogP contribution in [0.15, 0.2) is 46.0 Å². The van der Waals surface area contributed by atoms with Crippen LogP contribution in [0.5, 0.6) is 11.5 Å². The van der Waals surface area contributed by atoms with Gasteiger partial charge in [0, 0.05) is 20.6 Å². The van der Waals surface area contributed by atoms with E-state index in [0.717, 1.165) is 0 Å². The lowest BCUT2D eigenvalue weighted by Gasteiger charge is -2.06. The molecule has 0 fully saturated rings. The van der Waals surface area contributed by atoms with E-state index in [1.165, 1.54) is 19.4 Å². The van der Waals surface area contributed by atoms with Crippen LogP contribution < -0.4 is 10.2 Å². The van der Waals surface area contributed by atoms with Gasteiger partial charge in [-0.05, 0) is 30.3 Å². The predicted molar refractivity (Wildman–Crippen MR) is 88.9 cm³/mol. The number of methoxy groups -OCH3 is 1. The van der Waals surface area contributed by atoms with Crippen LogP contribution in [-0.4, -0.2) is 24.3 Å². The molecule has 0 saturated heterocycles. The Morgan fingerprint density at radius 2 is 2.18 bits per heavy atom. The largest absolute Gasteiger partial charge is 0.504 e. The van der Waals surface area contributed by atoms with Crippen molar-refractivity contribution < 1.29 is 14.6 Å². The van der Waals surface area contributed by atoms with E-state index in [9.17, 15) is 9.90 Å². The summed E-state index contributed by atoms with van der Waals surface area (Å²) in [6.07, 6.45) is 1.32. The molecule has 2 N–H and O–H groups in total. The summed E-state index contributed by atoms with van der Waals surface area (Å²) >= 11 is 9.12. The molecule has 0 saturated carbocycles. The second-order valence-corrected chi connectivity index (χ2v) is 5.61. The predicted octanol–water partition coefficient (Wildman–Crippen LogP) is 3.58. The molecule has 5 nitrogen and oxygen atoms in total. The van der Waals surface area contributed by atoms with Gasteiger partial charge in [0.25, 0.3) is 5.91 Å². The van der Waals surface area contributed by atoms with Gasteiger partial charge in [-0.1, -0.05) is 33.6 Å². The number of nitrogens with one attached hydrogen (secondary N) is 1. The van der Waals surface area contributed by atoms with Gasteiger partial charge in [0.2, 0.25) is 0 Å². The molecule has 0 atom stereocenters. The van der Waals surface area contributed by atoms with Gasteiger partial charge in [-0.3, -0.25) is 4.79 Å². The van der Waals surface area contributed by atoms with E-state index >= 15 is 0 Å². The highest BCUT2D eigenvalue weighted by Crippen LogP contribution is 2.32. The van der Waals surface area contributed by atoms with Crippen molar-refractivity contribution in [3.05, 3.63) is 57.0 Å². The number of benzene rings is 2. The van der Waals surface area contributed by atoms with Gasteiger partial charge in [0.15, 0.2) is 11.5 Å². The molecule has 0 heterocycles. The number of hydrogen-bond donors (Lipinski definition) is 2. The third-order valence-corrected chi connectivity index (χ3v) is 3.44. The van der Waals surface area contributed by atoms with Gasteiger partial charge < -0.3 is 9.84 Å². The number of ether oxygens (including phenoxy) is 1. The third kappa shape index (κ3) is 3.99. The SMILES string of the molecule is COc1cc(Br)cc(C=NNC(=O)c2cccc(Cl)c2)c1O. The number of carbonyl (C=O) groups is 1. The summed E-state index contributed by atoms with van der Waals surface area (Å²) in [6.45, 7) is 0. The highest BCUT2D eigenvalue weighted by molar-refractivity contribution is 9.10. The molecule has 2 aromatic carbocycles. The van der Waals surface area contributed by atoms with Crippen molar-refractivity contribution in [2.24, 2.45) is 5.10 Å². The molecule has 0 aliphatic rings. The molecule has 7 heteroatoms. The van der Waals surface area contributed by atoms with Crippen LogP contribution in [-0.2, 0) is 0 Å². The van der Waals surface area contributed by atoms with E-state index in [1.54, 1.807) is 30.3 Å². The van der Waals surface area contributed by atoms with Gasteiger partial charge in [-0.25, -0.2) is 5.43 Å². The van der Waals surface area contributed by atoms with Crippen LogP contribution in [0.4, 0.5) is 0 Å². The molecule has 2 rings (SSSR count). The van der Waals surface area contributed by atoms with E-state index in [-0.39, 0.29) is 5.75 Å². The molecule has 1 amide bonds. The van der Waals surface area contributed by atoms with Gasteiger partial charge in [0.1, 0.15) is 0 Å². The van der Waals surface area contributed by atoms with E-state index in [1.807, 2.05) is 0 Å². The number of hydrogen-bond acceptors (Lipinski definition) is 4. The minimum absolute atomic E-state index is 0.0635. The second-order valence-electron chi connectivity index (χ2n) is 4.26. The normalized spacial score (nSPS) is 10.7. The zero-order valence-electron chi connectivity index (χ0n) is 11.5. The molecule has 0 aliphatic heterocycles. The van der Waals surface area contributed by atoms with Gasteiger partial charge in [-0.2, -0.15) is 5.10 Å². The summed E-state index contributed by atoms with van der Waals surface area (Å²) < 4.78 is 5.75. The van der Waals surface area contributed by atoms with Crippen LogP contribution in [0.2, 0.25) is 5.02 Å². The van der Waals surface area contributed by atoms with Crippen LogP contribution in [0.3, 0.4) is 0 Å². The molecule has 114 valence electrons. The Balaban J connectivity index is 2.13. The minimum Gasteiger partial charge on any atom is -0.504 e. The molecule has 22 heavy (non-hydrogen) atoms. The Morgan fingerprint density at radius 3 is 2.86 bits per heavy atom. The fourth-order valence-electron chi connectivity index (χ4n) is 1.70. The van der Waals surface area contributed by atoms with Crippen LogP contribution >= 0.6 is 27.5 Å². The van der Waals surface area contributed by atoms with Crippen LogP contribution in [0.25, 0.3) is 0 Å².